The zero-order chi connectivity index (χ0) is 10.7. The molecule has 1 aromatic heterocycles. The molecule has 2 heteroatoms. The number of halogens is 1. The van der Waals surface area contributed by atoms with Gasteiger partial charge in [-0.1, -0.05) is 31.2 Å². The van der Waals surface area contributed by atoms with Crippen LogP contribution in [0.1, 0.15) is 25.0 Å². The van der Waals surface area contributed by atoms with Gasteiger partial charge in [-0.3, -0.25) is 4.98 Å². The predicted molar refractivity (Wildman–Crippen MR) is 65.5 cm³/mol. The second kappa shape index (κ2) is 4.63. The molecule has 0 radical (unpaired) electrons. The number of benzene rings is 1. The van der Waals surface area contributed by atoms with E-state index in [1.165, 1.54) is 5.39 Å². The second-order valence-electron chi connectivity index (χ2n) is 3.69. The number of rotatable bonds is 3. The largest absolute Gasteiger partial charge is 0.253 e. The highest BCUT2D eigenvalue weighted by Gasteiger charge is 2.09. The molecule has 0 fully saturated rings. The predicted octanol–water partition coefficient (Wildman–Crippen LogP) is 3.97. The molecule has 1 heterocycles. The Kier molecular flexibility index (Phi) is 3.22. The standard InChI is InChI=1S/C13H14ClN/c1-2-10(9-14)13-8-7-11-5-3-4-6-12(11)15-13/h3-8,10H,2,9H2,1H3. The molecule has 0 amide bonds. The van der Waals surface area contributed by atoms with Crippen LogP contribution >= 0.6 is 11.6 Å². The third-order valence-electron chi connectivity index (χ3n) is 2.72. The zero-order valence-corrected chi connectivity index (χ0v) is 9.54. The van der Waals surface area contributed by atoms with Crippen LogP contribution in [0.15, 0.2) is 36.4 Å². The van der Waals surface area contributed by atoms with Crippen LogP contribution in [0.25, 0.3) is 10.9 Å². The maximum Gasteiger partial charge on any atom is 0.0705 e. The van der Waals surface area contributed by atoms with Gasteiger partial charge in [0.1, 0.15) is 0 Å². The van der Waals surface area contributed by atoms with Crippen molar-refractivity contribution in [2.24, 2.45) is 0 Å². The first-order valence-corrected chi connectivity index (χ1v) is 5.80. The lowest BCUT2D eigenvalue weighted by molar-refractivity contribution is 0.718. The van der Waals surface area contributed by atoms with E-state index in [2.05, 4.69) is 30.1 Å². The normalized spacial score (nSPS) is 12.9. The topological polar surface area (TPSA) is 12.9 Å². The van der Waals surface area contributed by atoms with Gasteiger partial charge < -0.3 is 0 Å². The van der Waals surface area contributed by atoms with E-state index >= 15 is 0 Å². The Labute approximate surface area is 95.1 Å². The summed E-state index contributed by atoms with van der Waals surface area (Å²) in [6.45, 7) is 2.14. The first-order valence-electron chi connectivity index (χ1n) is 5.26. The summed E-state index contributed by atoms with van der Waals surface area (Å²) >= 11 is 5.91. The summed E-state index contributed by atoms with van der Waals surface area (Å²) in [6.07, 6.45) is 1.04. The first kappa shape index (κ1) is 10.4. The van der Waals surface area contributed by atoms with Crippen molar-refractivity contribution in [3.8, 4) is 0 Å². The molecule has 78 valence electrons. The van der Waals surface area contributed by atoms with Crippen LogP contribution in [0.3, 0.4) is 0 Å². The highest BCUT2D eigenvalue weighted by atomic mass is 35.5. The SMILES string of the molecule is CCC(CCl)c1ccc2ccccc2n1. The lowest BCUT2D eigenvalue weighted by Gasteiger charge is -2.10. The fourth-order valence-corrected chi connectivity index (χ4v) is 2.08. The monoisotopic (exact) mass is 219 g/mol. The highest BCUT2D eigenvalue weighted by Crippen LogP contribution is 2.21. The maximum absolute atomic E-state index is 5.91. The molecule has 2 aromatic rings. The minimum Gasteiger partial charge on any atom is -0.253 e. The molecule has 0 aliphatic carbocycles. The number of nitrogens with zero attached hydrogens (tertiary/aromatic N) is 1. The molecule has 0 spiro atoms. The van der Waals surface area contributed by atoms with Crippen molar-refractivity contribution in [3.63, 3.8) is 0 Å². The van der Waals surface area contributed by atoms with Crippen LogP contribution in [-0.2, 0) is 0 Å². The summed E-state index contributed by atoms with van der Waals surface area (Å²) in [4.78, 5) is 4.63. The smallest absolute Gasteiger partial charge is 0.0705 e. The highest BCUT2D eigenvalue weighted by molar-refractivity contribution is 6.18. The van der Waals surface area contributed by atoms with Crippen LogP contribution in [0, 0.1) is 0 Å². The van der Waals surface area contributed by atoms with Gasteiger partial charge in [0.05, 0.1) is 5.52 Å². The molecule has 0 saturated heterocycles. The third kappa shape index (κ3) is 2.13. The summed E-state index contributed by atoms with van der Waals surface area (Å²) in [5.74, 6) is 1.01. The van der Waals surface area contributed by atoms with Gasteiger partial charge in [-0.25, -0.2) is 0 Å². The van der Waals surface area contributed by atoms with E-state index in [1.807, 2.05) is 18.2 Å². The third-order valence-corrected chi connectivity index (χ3v) is 3.09. The van der Waals surface area contributed by atoms with Crippen molar-refractivity contribution >= 4 is 22.5 Å². The average Bonchev–Trinajstić information content (AvgIpc) is 2.30. The van der Waals surface area contributed by atoms with Crippen molar-refractivity contribution in [2.75, 3.05) is 5.88 Å². The number of para-hydroxylation sites is 1. The van der Waals surface area contributed by atoms with Crippen LogP contribution in [-0.4, -0.2) is 10.9 Å². The van der Waals surface area contributed by atoms with Gasteiger partial charge in [0, 0.05) is 22.9 Å². The Balaban J connectivity index is 2.46. The molecule has 1 aromatic carbocycles. The minimum atomic E-state index is 0.372. The van der Waals surface area contributed by atoms with E-state index < -0.39 is 0 Å². The van der Waals surface area contributed by atoms with Gasteiger partial charge in [0.25, 0.3) is 0 Å². The van der Waals surface area contributed by atoms with Crippen LogP contribution in [0.5, 0.6) is 0 Å². The first-order chi connectivity index (χ1) is 7.35. The fraction of sp³-hybridized carbons (Fsp3) is 0.308. The van der Waals surface area contributed by atoms with E-state index in [0.717, 1.165) is 17.6 Å². The second-order valence-corrected chi connectivity index (χ2v) is 4.00. The number of fused-ring (bicyclic) bond motifs is 1. The Hall–Kier alpha value is -1.08. The molecule has 1 unspecified atom stereocenters. The molecular weight excluding hydrogens is 206 g/mol. The summed E-state index contributed by atoms with van der Waals surface area (Å²) in [5.41, 5.74) is 2.16. The Morgan fingerprint density at radius 2 is 2.00 bits per heavy atom. The molecular formula is C13H14ClN. The number of hydrogen-bond donors (Lipinski definition) is 0. The quantitative estimate of drug-likeness (QED) is 0.712. The maximum atomic E-state index is 5.91. The van der Waals surface area contributed by atoms with Crippen LogP contribution in [0.2, 0.25) is 0 Å². The molecule has 1 nitrogen and oxygen atoms in total. The van der Waals surface area contributed by atoms with Crippen molar-refractivity contribution < 1.29 is 0 Å². The lowest BCUT2D eigenvalue weighted by atomic mass is 10.0. The number of aromatic nitrogens is 1. The Morgan fingerprint density at radius 1 is 1.20 bits per heavy atom. The van der Waals surface area contributed by atoms with E-state index in [1.54, 1.807) is 0 Å². The van der Waals surface area contributed by atoms with Crippen LogP contribution in [0.4, 0.5) is 0 Å². The van der Waals surface area contributed by atoms with Crippen molar-refractivity contribution in [3.05, 3.63) is 42.1 Å². The molecule has 2 rings (SSSR count). The van der Waals surface area contributed by atoms with Gasteiger partial charge in [0.2, 0.25) is 0 Å². The van der Waals surface area contributed by atoms with Crippen molar-refractivity contribution in [1.29, 1.82) is 0 Å². The lowest BCUT2D eigenvalue weighted by Crippen LogP contribution is -2.01. The van der Waals surface area contributed by atoms with Gasteiger partial charge in [-0.2, -0.15) is 0 Å². The number of pyridine rings is 1. The van der Waals surface area contributed by atoms with Crippen LogP contribution < -0.4 is 0 Å². The average molecular weight is 220 g/mol. The van der Waals surface area contributed by atoms with E-state index in [-0.39, 0.29) is 0 Å². The molecule has 0 N–H and O–H groups in total. The summed E-state index contributed by atoms with van der Waals surface area (Å²) in [7, 11) is 0. The Morgan fingerprint density at radius 3 is 2.73 bits per heavy atom. The Bertz CT molecular complexity index is 449. The molecule has 0 saturated carbocycles. The summed E-state index contributed by atoms with van der Waals surface area (Å²) in [5, 5.41) is 1.19. The van der Waals surface area contributed by atoms with Gasteiger partial charge in [-0.15, -0.1) is 11.6 Å². The van der Waals surface area contributed by atoms with Gasteiger partial charge >= 0.3 is 0 Å². The molecule has 0 bridgehead atoms. The van der Waals surface area contributed by atoms with Gasteiger partial charge in [-0.05, 0) is 18.6 Å². The number of hydrogen-bond acceptors (Lipinski definition) is 1. The fourth-order valence-electron chi connectivity index (χ4n) is 1.71. The summed E-state index contributed by atoms with van der Waals surface area (Å²) in [6, 6.07) is 12.4. The molecule has 0 aliphatic heterocycles. The molecule has 15 heavy (non-hydrogen) atoms. The van der Waals surface area contributed by atoms with Gasteiger partial charge in [0.15, 0.2) is 0 Å². The zero-order valence-electron chi connectivity index (χ0n) is 8.78. The van der Waals surface area contributed by atoms with Crippen molar-refractivity contribution in [2.45, 2.75) is 19.3 Å². The summed E-state index contributed by atoms with van der Waals surface area (Å²) < 4.78 is 0. The molecule has 1 atom stereocenters. The van der Waals surface area contributed by atoms with E-state index in [4.69, 9.17) is 11.6 Å². The van der Waals surface area contributed by atoms with E-state index in [0.29, 0.717) is 11.8 Å². The molecule has 0 aliphatic rings. The van der Waals surface area contributed by atoms with Crippen molar-refractivity contribution in [1.82, 2.24) is 4.98 Å². The number of alkyl halides is 1. The minimum absolute atomic E-state index is 0.372. The van der Waals surface area contributed by atoms with E-state index in [9.17, 15) is 0 Å².